The minimum Gasteiger partial charge on any atom is -0.316 e. The molecule has 2 atom stereocenters. The summed E-state index contributed by atoms with van der Waals surface area (Å²) >= 11 is -0.0172. The minimum absolute atomic E-state index is 0. The van der Waals surface area contributed by atoms with Gasteiger partial charge in [0.1, 0.15) is 0 Å². The van der Waals surface area contributed by atoms with Gasteiger partial charge in [0.05, 0.1) is 24.2 Å². The van der Waals surface area contributed by atoms with Crippen LogP contribution in [0.4, 0.5) is 0 Å². The second kappa shape index (κ2) is 11.9. The van der Waals surface area contributed by atoms with E-state index in [1.807, 2.05) is 13.8 Å². The fraction of sp³-hybridized carbons (Fsp3) is 1.00. The van der Waals surface area contributed by atoms with E-state index in [9.17, 15) is 18.9 Å². The Labute approximate surface area is 155 Å². The molecule has 0 heterocycles. The Balaban J connectivity index is 0. The van der Waals surface area contributed by atoms with E-state index >= 15 is 0 Å². The van der Waals surface area contributed by atoms with Gasteiger partial charge in [-0.15, -0.1) is 0 Å². The van der Waals surface area contributed by atoms with Crippen LogP contribution < -0.4 is 51.4 Å². The molecule has 0 aromatic heterocycles. The summed E-state index contributed by atoms with van der Waals surface area (Å²) in [6.45, 7) is -4.24. The van der Waals surface area contributed by atoms with Crippen LogP contribution in [0.25, 0.3) is 0 Å². The van der Waals surface area contributed by atoms with Gasteiger partial charge in [-0.25, -0.2) is 9.13 Å². The molecular formula is C8H20KO6P2S+. The summed E-state index contributed by atoms with van der Waals surface area (Å²) in [5, 5.41) is 0. The maximum Gasteiger partial charge on any atom is 1.00 e. The molecule has 0 rings (SSSR count). The Hall–Kier alpha value is 2.29. The van der Waals surface area contributed by atoms with Crippen molar-refractivity contribution in [2.75, 3.05) is 13.2 Å². The zero-order valence-corrected chi connectivity index (χ0v) is 16.8. The Morgan fingerprint density at radius 1 is 0.944 bits per heavy atom. The molecular weight excluding hydrogens is 325 g/mol. The molecule has 6 nitrogen and oxygen atoms in total. The second-order valence-electron chi connectivity index (χ2n) is 3.39. The standard InChI is InChI=1S/C8H20O6P2S.K/c1-3-5-7-13-15(9,10)17-16(11,12)14-8-6-4-2;/h3-8H2,1-2H3,(H,9,10)(H,11,12);/q;+1. The predicted molar refractivity (Wildman–Crippen MR) is 69.0 cm³/mol. The normalized spacial score (nSPS) is 17.6. The molecule has 10 heteroatoms. The molecule has 0 fully saturated rings. The van der Waals surface area contributed by atoms with Gasteiger partial charge in [-0.2, -0.15) is 0 Å². The van der Waals surface area contributed by atoms with Crippen molar-refractivity contribution in [2.24, 2.45) is 0 Å². The van der Waals surface area contributed by atoms with Crippen molar-refractivity contribution >= 4 is 24.6 Å². The monoisotopic (exact) mass is 345 g/mol. The number of hydrogen-bond donors (Lipinski definition) is 2. The van der Waals surface area contributed by atoms with Crippen molar-refractivity contribution in [1.29, 1.82) is 0 Å². The van der Waals surface area contributed by atoms with E-state index in [4.69, 9.17) is 0 Å². The second-order valence-corrected chi connectivity index (χ2v) is 10.7. The summed E-state index contributed by atoms with van der Waals surface area (Å²) < 4.78 is 32.2. The summed E-state index contributed by atoms with van der Waals surface area (Å²) in [5.74, 6) is 0. The Morgan fingerprint density at radius 3 is 1.56 bits per heavy atom. The maximum atomic E-state index is 11.4. The fourth-order valence-electron chi connectivity index (χ4n) is 0.826. The van der Waals surface area contributed by atoms with Crippen LogP contribution in [0.1, 0.15) is 39.5 Å². The summed E-state index contributed by atoms with van der Waals surface area (Å²) in [5.41, 5.74) is 0. The molecule has 0 aliphatic heterocycles. The van der Waals surface area contributed by atoms with E-state index in [0.717, 1.165) is 12.8 Å². The van der Waals surface area contributed by atoms with Crippen LogP contribution in [0, 0.1) is 0 Å². The van der Waals surface area contributed by atoms with Gasteiger partial charge in [0.15, 0.2) is 0 Å². The largest absolute Gasteiger partial charge is 1.00 e. The minimum atomic E-state index is -4.11. The zero-order chi connectivity index (χ0) is 13.4. The first-order valence-corrected chi connectivity index (χ1v) is 10.7. The summed E-state index contributed by atoms with van der Waals surface area (Å²) in [7, 11) is 0. The maximum absolute atomic E-state index is 11.4. The first-order valence-electron chi connectivity index (χ1n) is 5.49. The Bertz CT molecular complexity index is 275. The van der Waals surface area contributed by atoms with Gasteiger partial charge < -0.3 is 18.8 Å². The van der Waals surface area contributed by atoms with Crippen LogP contribution in [-0.4, -0.2) is 23.0 Å². The zero-order valence-electron chi connectivity index (χ0n) is 11.1. The van der Waals surface area contributed by atoms with Crippen molar-refractivity contribution in [3.8, 4) is 0 Å². The molecule has 0 radical (unpaired) electrons. The molecule has 104 valence electrons. The van der Waals surface area contributed by atoms with Crippen LogP contribution in [0.15, 0.2) is 0 Å². The van der Waals surface area contributed by atoms with Crippen LogP contribution >= 0.6 is 24.6 Å². The average Bonchev–Trinajstić information content (AvgIpc) is 2.16. The predicted octanol–water partition coefficient (Wildman–Crippen LogP) is 0.558. The van der Waals surface area contributed by atoms with E-state index in [1.54, 1.807) is 0 Å². The van der Waals surface area contributed by atoms with Gasteiger partial charge in [-0.05, 0) is 12.8 Å². The molecule has 0 amide bonds. The van der Waals surface area contributed by atoms with Crippen molar-refractivity contribution < 1.29 is 79.3 Å². The molecule has 2 N–H and O–H groups in total. The van der Waals surface area contributed by atoms with Crippen molar-refractivity contribution in [3.05, 3.63) is 0 Å². The quantitative estimate of drug-likeness (QED) is 0.339. The molecule has 0 aliphatic carbocycles. The van der Waals surface area contributed by atoms with E-state index in [0.29, 0.717) is 12.8 Å². The molecule has 0 bridgehead atoms. The third-order valence-corrected chi connectivity index (χ3v) is 8.73. The Morgan fingerprint density at radius 2 is 1.28 bits per heavy atom. The van der Waals surface area contributed by atoms with Gasteiger partial charge in [0.25, 0.3) is 0 Å². The first kappa shape index (κ1) is 22.6. The molecule has 18 heavy (non-hydrogen) atoms. The fourth-order valence-corrected chi connectivity index (χ4v) is 6.61. The van der Waals surface area contributed by atoms with E-state index in [1.165, 1.54) is 0 Å². The number of hydrogen-bond acceptors (Lipinski definition) is 5. The number of unbranched alkanes of at least 4 members (excludes halogenated alkanes) is 2. The molecule has 0 aromatic carbocycles. The first-order chi connectivity index (χ1) is 7.83. The van der Waals surface area contributed by atoms with E-state index in [2.05, 4.69) is 9.05 Å². The van der Waals surface area contributed by atoms with Crippen molar-refractivity contribution in [1.82, 2.24) is 0 Å². The number of rotatable bonds is 10. The van der Waals surface area contributed by atoms with Gasteiger partial charge in [-0.1, -0.05) is 26.7 Å². The van der Waals surface area contributed by atoms with Gasteiger partial charge in [0.2, 0.25) is 0 Å². The smallest absolute Gasteiger partial charge is 0.316 e. The summed E-state index contributed by atoms with van der Waals surface area (Å²) in [6.07, 6.45) is 2.87. The van der Waals surface area contributed by atoms with Crippen molar-refractivity contribution in [3.63, 3.8) is 0 Å². The average molecular weight is 345 g/mol. The van der Waals surface area contributed by atoms with Crippen LogP contribution in [-0.2, 0) is 18.2 Å². The van der Waals surface area contributed by atoms with Crippen LogP contribution in [0.3, 0.4) is 0 Å². The summed E-state index contributed by atoms with van der Waals surface area (Å²) in [6, 6.07) is 0. The molecule has 0 spiro atoms. The van der Waals surface area contributed by atoms with Crippen LogP contribution in [0.2, 0.25) is 0 Å². The van der Waals surface area contributed by atoms with Crippen molar-refractivity contribution in [2.45, 2.75) is 39.5 Å². The molecule has 0 aliphatic rings. The molecule has 0 saturated heterocycles. The third kappa shape index (κ3) is 13.3. The Kier molecular flexibility index (Phi) is 14.9. The van der Waals surface area contributed by atoms with E-state index < -0.39 is 13.6 Å². The van der Waals surface area contributed by atoms with Gasteiger partial charge in [-0.3, -0.25) is 0 Å². The SMILES string of the molecule is CCCCOP(=O)(O)SP(=O)(O)OCCCC.[K+]. The topological polar surface area (TPSA) is 93.1 Å². The third-order valence-electron chi connectivity index (χ3n) is 1.71. The molecule has 0 aromatic rings. The molecule has 2 unspecified atom stereocenters. The van der Waals surface area contributed by atoms with Gasteiger partial charge in [0, 0.05) is 0 Å². The molecule has 0 saturated carbocycles. The van der Waals surface area contributed by atoms with Gasteiger partial charge >= 0.3 is 65.0 Å². The van der Waals surface area contributed by atoms with Crippen LogP contribution in [0.5, 0.6) is 0 Å². The summed E-state index contributed by atoms with van der Waals surface area (Å²) in [4.78, 5) is 18.6. The van der Waals surface area contributed by atoms with E-state index in [-0.39, 0.29) is 75.6 Å².